The minimum atomic E-state index is -4.86. The number of sulfone groups is 1. The lowest BCUT2D eigenvalue weighted by molar-refractivity contribution is -0.274. The van der Waals surface area contributed by atoms with E-state index in [2.05, 4.69) is 10.1 Å². The highest BCUT2D eigenvalue weighted by Crippen LogP contribution is 2.36. The second-order valence-electron chi connectivity index (χ2n) is 9.45. The first-order chi connectivity index (χ1) is 17.9. The average molecular weight is 553 g/mol. The van der Waals surface area contributed by atoms with Crippen molar-refractivity contribution in [2.45, 2.75) is 31.0 Å². The Morgan fingerprint density at radius 2 is 1.68 bits per heavy atom. The molecule has 2 aliphatic heterocycles. The van der Waals surface area contributed by atoms with E-state index in [1.54, 1.807) is 0 Å². The summed E-state index contributed by atoms with van der Waals surface area (Å²) in [5.74, 6) is -2.77. The summed E-state index contributed by atoms with van der Waals surface area (Å²) in [6, 6.07) is 13.8. The smallest absolute Gasteiger partial charge is 0.481 e. The van der Waals surface area contributed by atoms with Crippen LogP contribution >= 0.6 is 0 Å². The number of carbonyl (C=O) groups is 2. The molecule has 2 N–H and O–H groups in total. The molecule has 0 aromatic heterocycles. The van der Waals surface area contributed by atoms with Gasteiger partial charge in [-0.1, -0.05) is 36.4 Å². The third-order valence-electron chi connectivity index (χ3n) is 6.95. The van der Waals surface area contributed by atoms with Gasteiger partial charge in [-0.15, -0.1) is 13.2 Å². The maximum Gasteiger partial charge on any atom is 0.573 e. The first-order valence-corrected chi connectivity index (χ1v) is 13.7. The van der Waals surface area contributed by atoms with Crippen LogP contribution in [0.2, 0.25) is 0 Å². The molecule has 2 aliphatic rings. The lowest BCUT2D eigenvalue weighted by Crippen LogP contribution is -2.52. The highest BCUT2D eigenvalue weighted by Gasteiger charge is 2.47. The molecule has 0 aliphatic carbocycles. The topological polar surface area (TPSA) is 113 Å². The monoisotopic (exact) mass is 552 g/mol. The quantitative estimate of drug-likeness (QED) is 0.539. The van der Waals surface area contributed by atoms with Crippen LogP contribution in [-0.4, -0.2) is 67.4 Å². The van der Waals surface area contributed by atoms with E-state index < -0.39 is 50.4 Å². The van der Waals surface area contributed by atoms with Crippen LogP contribution < -0.4 is 10.1 Å². The predicted octanol–water partition coefficient (Wildman–Crippen LogP) is 3.71. The molecule has 38 heavy (non-hydrogen) atoms. The van der Waals surface area contributed by atoms with E-state index in [0.717, 1.165) is 23.3 Å². The molecule has 12 heteroatoms. The summed E-state index contributed by atoms with van der Waals surface area (Å²) in [6.45, 7) is 0.326. The van der Waals surface area contributed by atoms with Gasteiger partial charge in [0.05, 0.1) is 11.2 Å². The Kier molecular flexibility index (Phi) is 7.84. The number of carboxylic acids is 1. The van der Waals surface area contributed by atoms with Crippen LogP contribution in [0.5, 0.6) is 5.75 Å². The second kappa shape index (κ2) is 10.8. The van der Waals surface area contributed by atoms with Gasteiger partial charge in [0.25, 0.3) is 5.91 Å². The van der Waals surface area contributed by atoms with E-state index in [4.69, 9.17) is 0 Å². The highest BCUT2D eigenvalue weighted by molar-refractivity contribution is 7.92. The SMILES string of the molecule is O=C(c1ccc(OC(F)(F)F)cc1)N1CCC(CS(=O)(=O)C2CC(c3ccccc3)=CCN2)(C(=O)O)CC1. The van der Waals surface area contributed by atoms with E-state index in [9.17, 15) is 36.3 Å². The molecule has 8 nitrogen and oxygen atoms in total. The van der Waals surface area contributed by atoms with Gasteiger partial charge in [-0.05, 0) is 48.2 Å². The number of amides is 1. The van der Waals surface area contributed by atoms with Crippen molar-refractivity contribution in [3.8, 4) is 5.75 Å². The van der Waals surface area contributed by atoms with Gasteiger partial charge >= 0.3 is 12.3 Å². The van der Waals surface area contributed by atoms with Crippen LogP contribution in [0.1, 0.15) is 35.2 Å². The molecule has 204 valence electrons. The number of rotatable bonds is 7. The Morgan fingerprint density at radius 1 is 1.05 bits per heavy atom. The fourth-order valence-electron chi connectivity index (χ4n) is 4.84. The van der Waals surface area contributed by atoms with Crippen molar-refractivity contribution in [1.82, 2.24) is 10.2 Å². The molecule has 1 atom stereocenters. The fourth-order valence-corrected chi connectivity index (χ4v) is 7.00. The maximum absolute atomic E-state index is 13.4. The number of carboxylic acid groups (broad SMARTS) is 1. The number of likely N-dealkylation sites (tertiary alicyclic amines) is 1. The summed E-state index contributed by atoms with van der Waals surface area (Å²) >= 11 is 0. The van der Waals surface area contributed by atoms with Gasteiger partial charge in [0.2, 0.25) is 0 Å². The summed E-state index contributed by atoms with van der Waals surface area (Å²) in [6.07, 6.45) is -2.88. The van der Waals surface area contributed by atoms with Gasteiger partial charge in [0, 0.05) is 31.6 Å². The van der Waals surface area contributed by atoms with E-state index in [0.29, 0.717) is 6.54 Å². The molecule has 0 radical (unpaired) electrons. The molecule has 2 aromatic carbocycles. The van der Waals surface area contributed by atoms with Gasteiger partial charge in [0.1, 0.15) is 11.1 Å². The van der Waals surface area contributed by atoms with Crippen molar-refractivity contribution in [3.05, 3.63) is 71.8 Å². The molecular weight excluding hydrogens is 525 g/mol. The lowest BCUT2D eigenvalue weighted by atomic mass is 9.80. The van der Waals surface area contributed by atoms with E-state index in [1.807, 2.05) is 36.4 Å². The zero-order chi connectivity index (χ0) is 27.6. The summed E-state index contributed by atoms with van der Waals surface area (Å²) in [4.78, 5) is 26.6. The predicted molar refractivity (Wildman–Crippen MR) is 133 cm³/mol. The average Bonchev–Trinajstić information content (AvgIpc) is 2.88. The molecular formula is C26H27F3N2O6S. The van der Waals surface area contributed by atoms with Crippen molar-refractivity contribution < 1.29 is 41.0 Å². The van der Waals surface area contributed by atoms with Gasteiger partial charge < -0.3 is 14.7 Å². The van der Waals surface area contributed by atoms with Crippen molar-refractivity contribution in [2.75, 3.05) is 25.4 Å². The Balaban J connectivity index is 1.42. The lowest BCUT2D eigenvalue weighted by Gasteiger charge is -2.39. The van der Waals surface area contributed by atoms with Crippen LogP contribution in [0.15, 0.2) is 60.7 Å². The zero-order valence-corrected chi connectivity index (χ0v) is 21.1. The molecule has 1 amide bonds. The number of benzene rings is 2. The van der Waals surface area contributed by atoms with E-state index >= 15 is 0 Å². The molecule has 2 heterocycles. The van der Waals surface area contributed by atoms with Crippen molar-refractivity contribution >= 4 is 27.3 Å². The Morgan fingerprint density at radius 3 is 2.26 bits per heavy atom. The van der Waals surface area contributed by atoms with Gasteiger partial charge in [-0.2, -0.15) is 0 Å². The molecule has 4 rings (SSSR count). The van der Waals surface area contributed by atoms with Crippen molar-refractivity contribution in [2.24, 2.45) is 5.41 Å². The van der Waals surface area contributed by atoms with Crippen LogP contribution in [0.3, 0.4) is 0 Å². The number of alkyl halides is 3. The number of hydrogen-bond donors (Lipinski definition) is 2. The number of ether oxygens (including phenoxy) is 1. The third kappa shape index (κ3) is 6.36. The number of hydrogen-bond acceptors (Lipinski definition) is 6. The zero-order valence-electron chi connectivity index (χ0n) is 20.3. The third-order valence-corrected chi connectivity index (χ3v) is 9.11. The normalized spacial score (nSPS) is 19.9. The first-order valence-electron chi connectivity index (χ1n) is 12.0. The Labute approximate surface area is 218 Å². The number of nitrogens with one attached hydrogen (secondary N) is 1. The van der Waals surface area contributed by atoms with E-state index in [-0.39, 0.29) is 37.9 Å². The number of piperidine rings is 1. The van der Waals surface area contributed by atoms with E-state index in [1.165, 1.54) is 17.0 Å². The van der Waals surface area contributed by atoms with Gasteiger partial charge in [-0.3, -0.25) is 14.9 Å². The second-order valence-corrected chi connectivity index (χ2v) is 11.6. The first kappa shape index (κ1) is 27.6. The summed E-state index contributed by atoms with van der Waals surface area (Å²) in [7, 11) is -3.88. The minimum absolute atomic E-state index is 0.00524. The van der Waals surface area contributed by atoms with Crippen LogP contribution in [-0.2, 0) is 14.6 Å². The number of aliphatic carboxylic acids is 1. The number of halogens is 3. The fraction of sp³-hybridized carbons (Fsp3) is 0.385. The molecule has 0 saturated carbocycles. The molecule has 2 aromatic rings. The standard InChI is InChI=1S/C26H27F3N2O6S/c27-26(28,29)37-21-8-6-19(7-9-21)23(32)31-14-11-25(12-15-31,24(33)34)17-38(35,36)22-16-20(10-13-30-22)18-4-2-1-3-5-18/h1-10,22,30H,11-17H2,(H,33,34). The summed E-state index contributed by atoms with van der Waals surface area (Å²) < 4.78 is 67.7. The molecule has 0 bridgehead atoms. The Bertz CT molecular complexity index is 1300. The summed E-state index contributed by atoms with van der Waals surface area (Å²) in [5, 5.41) is 12.1. The summed E-state index contributed by atoms with van der Waals surface area (Å²) in [5.41, 5.74) is 0.332. The molecule has 1 saturated heterocycles. The maximum atomic E-state index is 13.4. The van der Waals surface area contributed by atoms with Gasteiger partial charge in [-0.25, -0.2) is 8.42 Å². The number of nitrogens with zero attached hydrogens (tertiary/aromatic N) is 1. The molecule has 1 fully saturated rings. The largest absolute Gasteiger partial charge is 0.573 e. The van der Waals surface area contributed by atoms with Crippen LogP contribution in [0.4, 0.5) is 13.2 Å². The van der Waals surface area contributed by atoms with Gasteiger partial charge in [0.15, 0.2) is 9.84 Å². The van der Waals surface area contributed by atoms with Crippen LogP contribution in [0.25, 0.3) is 5.57 Å². The Hall–Kier alpha value is -3.38. The highest BCUT2D eigenvalue weighted by atomic mass is 32.2. The molecule has 0 spiro atoms. The minimum Gasteiger partial charge on any atom is -0.481 e. The molecule has 1 unspecified atom stereocenters. The number of carbonyl (C=O) groups excluding carboxylic acids is 1. The van der Waals surface area contributed by atoms with Crippen LogP contribution in [0, 0.1) is 5.41 Å². The van der Waals surface area contributed by atoms with Crippen molar-refractivity contribution in [3.63, 3.8) is 0 Å². The van der Waals surface area contributed by atoms with Crippen molar-refractivity contribution in [1.29, 1.82) is 0 Å².